The highest BCUT2D eigenvalue weighted by Gasteiger charge is 2.23. The molecule has 0 aromatic heterocycles. The van der Waals surface area contributed by atoms with Gasteiger partial charge < -0.3 is 19.5 Å². The Morgan fingerprint density at radius 2 is 2.13 bits per heavy atom. The van der Waals surface area contributed by atoms with Gasteiger partial charge in [-0.05, 0) is 13.0 Å². The van der Waals surface area contributed by atoms with Crippen molar-refractivity contribution in [1.29, 1.82) is 0 Å². The normalized spacial score (nSPS) is 20.2. The molecular formula is C16H23ClN2O4. The number of nitrogens with one attached hydrogen (secondary N) is 1. The Hall–Kier alpha value is -1.50. The van der Waals surface area contributed by atoms with Gasteiger partial charge in [-0.25, -0.2) is 0 Å². The molecule has 0 bridgehead atoms. The summed E-state index contributed by atoms with van der Waals surface area (Å²) < 4.78 is 16.4. The van der Waals surface area contributed by atoms with Gasteiger partial charge in [0.1, 0.15) is 17.6 Å². The van der Waals surface area contributed by atoms with Crippen molar-refractivity contribution in [2.24, 2.45) is 0 Å². The lowest BCUT2D eigenvalue weighted by atomic mass is 10.1. The molecular weight excluding hydrogens is 320 g/mol. The molecule has 1 fully saturated rings. The van der Waals surface area contributed by atoms with Crippen molar-refractivity contribution in [3.63, 3.8) is 0 Å². The van der Waals surface area contributed by atoms with E-state index in [0.717, 1.165) is 30.8 Å². The van der Waals surface area contributed by atoms with Gasteiger partial charge in [-0.1, -0.05) is 0 Å². The molecule has 2 heterocycles. The summed E-state index contributed by atoms with van der Waals surface area (Å²) in [4.78, 5) is 14.3. The first-order valence-corrected chi connectivity index (χ1v) is 7.63. The van der Waals surface area contributed by atoms with E-state index in [2.05, 4.69) is 10.2 Å². The molecule has 0 spiro atoms. The Morgan fingerprint density at radius 1 is 1.39 bits per heavy atom. The second-order valence-corrected chi connectivity index (χ2v) is 5.73. The number of rotatable bonds is 4. The molecule has 1 N–H and O–H groups in total. The number of amides is 1. The monoisotopic (exact) mass is 342 g/mol. The number of nitrogens with zero attached hydrogens (tertiary/aromatic N) is 1. The summed E-state index contributed by atoms with van der Waals surface area (Å²) in [5, 5.41) is 2.93. The summed E-state index contributed by atoms with van der Waals surface area (Å²) in [6.45, 7) is 5.33. The predicted molar refractivity (Wildman–Crippen MR) is 89.9 cm³/mol. The summed E-state index contributed by atoms with van der Waals surface area (Å²) in [5.74, 6) is 1.45. The van der Waals surface area contributed by atoms with E-state index >= 15 is 0 Å². The molecule has 6 nitrogen and oxygen atoms in total. The number of anilines is 1. The van der Waals surface area contributed by atoms with Crippen molar-refractivity contribution >= 4 is 24.0 Å². The molecule has 1 aromatic carbocycles. The fourth-order valence-electron chi connectivity index (χ4n) is 2.86. The van der Waals surface area contributed by atoms with Gasteiger partial charge in [0.2, 0.25) is 5.91 Å². The number of carbonyl (C=O) groups is 1. The Kier molecular flexibility index (Phi) is 6.10. The molecule has 0 aliphatic carbocycles. The molecule has 0 saturated carbocycles. The SMILES string of the molecule is COc1cc2c(cc1NC(=O)CN1CCOCC1)OC(C)C2.Cl. The summed E-state index contributed by atoms with van der Waals surface area (Å²) in [7, 11) is 1.61. The highest BCUT2D eigenvalue weighted by molar-refractivity contribution is 5.94. The number of benzene rings is 1. The smallest absolute Gasteiger partial charge is 0.238 e. The van der Waals surface area contributed by atoms with Crippen LogP contribution in [0.4, 0.5) is 5.69 Å². The second kappa shape index (κ2) is 7.86. The van der Waals surface area contributed by atoms with Crippen LogP contribution in [0.5, 0.6) is 11.5 Å². The fraction of sp³-hybridized carbons (Fsp3) is 0.562. The second-order valence-electron chi connectivity index (χ2n) is 5.73. The van der Waals surface area contributed by atoms with Gasteiger partial charge in [0, 0.05) is 31.1 Å². The zero-order valence-corrected chi connectivity index (χ0v) is 14.3. The third-order valence-electron chi connectivity index (χ3n) is 3.96. The number of methoxy groups -OCH3 is 1. The van der Waals surface area contributed by atoms with Crippen LogP contribution in [0.15, 0.2) is 12.1 Å². The summed E-state index contributed by atoms with van der Waals surface area (Å²) in [5.41, 5.74) is 1.78. The topological polar surface area (TPSA) is 60.0 Å². The third kappa shape index (κ3) is 4.28. The molecule has 1 saturated heterocycles. The van der Waals surface area contributed by atoms with E-state index in [0.29, 0.717) is 31.2 Å². The number of ether oxygens (including phenoxy) is 3. The zero-order valence-electron chi connectivity index (χ0n) is 13.5. The van der Waals surface area contributed by atoms with Gasteiger partial charge in [0.15, 0.2) is 0 Å². The number of halogens is 1. The van der Waals surface area contributed by atoms with Gasteiger partial charge in [-0.2, -0.15) is 0 Å². The molecule has 0 radical (unpaired) electrons. The highest BCUT2D eigenvalue weighted by Crippen LogP contribution is 2.37. The van der Waals surface area contributed by atoms with Crippen molar-refractivity contribution in [1.82, 2.24) is 4.90 Å². The highest BCUT2D eigenvalue weighted by atomic mass is 35.5. The predicted octanol–water partition coefficient (Wildman–Crippen LogP) is 1.71. The van der Waals surface area contributed by atoms with E-state index in [1.165, 1.54) is 0 Å². The van der Waals surface area contributed by atoms with Crippen LogP contribution in [0.3, 0.4) is 0 Å². The maximum Gasteiger partial charge on any atom is 0.238 e. The Balaban J connectivity index is 0.00000192. The molecule has 2 aliphatic heterocycles. The molecule has 128 valence electrons. The van der Waals surface area contributed by atoms with E-state index in [-0.39, 0.29) is 24.4 Å². The molecule has 7 heteroatoms. The largest absolute Gasteiger partial charge is 0.495 e. The number of carbonyl (C=O) groups excluding carboxylic acids is 1. The van der Waals surface area contributed by atoms with Gasteiger partial charge in [-0.3, -0.25) is 9.69 Å². The van der Waals surface area contributed by atoms with Crippen molar-refractivity contribution in [3.8, 4) is 11.5 Å². The lowest BCUT2D eigenvalue weighted by Crippen LogP contribution is -2.41. The fourth-order valence-corrected chi connectivity index (χ4v) is 2.86. The first-order chi connectivity index (χ1) is 10.7. The number of hydrogen-bond donors (Lipinski definition) is 1. The van der Waals surface area contributed by atoms with Gasteiger partial charge >= 0.3 is 0 Å². The molecule has 23 heavy (non-hydrogen) atoms. The molecule has 2 aliphatic rings. The van der Waals surface area contributed by atoms with Crippen LogP contribution in [0.2, 0.25) is 0 Å². The van der Waals surface area contributed by atoms with Crippen LogP contribution in [0.1, 0.15) is 12.5 Å². The molecule has 3 rings (SSSR count). The minimum absolute atomic E-state index is 0. The van der Waals surface area contributed by atoms with Crippen LogP contribution in [-0.4, -0.2) is 56.9 Å². The summed E-state index contributed by atoms with van der Waals surface area (Å²) >= 11 is 0. The zero-order chi connectivity index (χ0) is 15.5. The number of morpholine rings is 1. The van der Waals surface area contributed by atoms with Gasteiger partial charge in [0.05, 0.1) is 32.6 Å². The van der Waals surface area contributed by atoms with Crippen LogP contribution in [0, 0.1) is 0 Å². The average Bonchev–Trinajstić information content (AvgIpc) is 2.86. The standard InChI is InChI=1S/C16H22N2O4.ClH/c1-11-7-12-8-15(20-2)13(9-14(12)22-11)17-16(19)10-18-3-5-21-6-4-18;/h8-9,11H,3-7,10H2,1-2H3,(H,17,19);1H. The third-order valence-corrected chi connectivity index (χ3v) is 3.96. The minimum atomic E-state index is -0.0498. The van der Waals surface area contributed by atoms with Crippen molar-refractivity contribution in [3.05, 3.63) is 17.7 Å². The average molecular weight is 343 g/mol. The van der Waals surface area contributed by atoms with Gasteiger partial charge in [-0.15, -0.1) is 12.4 Å². The van der Waals surface area contributed by atoms with Crippen LogP contribution in [0.25, 0.3) is 0 Å². The first-order valence-electron chi connectivity index (χ1n) is 7.63. The van der Waals surface area contributed by atoms with Gasteiger partial charge in [0.25, 0.3) is 0 Å². The Bertz CT molecular complexity index is 561. The first kappa shape index (κ1) is 17.8. The Labute approximate surface area is 142 Å². The maximum atomic E-state index is 12.2. The van der Waals surface area contributed by atoms with Crippen LogP contribution in [-0.2, 0) is 16.0 Å². The van der Waals surface area contributed by atoms with Crippen LogP contribution < -0.4 is 14.8 Å². The van der Waals surface area contributed by atoms with E-state index < -0.39 is 0 Å². The van der Waals surface area contributed by atoms with Crippen LogP contribution >= 0.6 is 12.4 Å². The lowest BCUT2D eigenvalue weighted by Gasteiger charge is -2.26. The summed E-state index contributed by atoms with van der Waals surface area (Å²) in [6.07, 6.45) is 1.03. The molecule has 1 aromatic rings. The van der Waals surface area contributed by atoms with E-state index in [4.69, 9.17) is 14.2 Å². The minimum Gasteiger partial charge on any atom is -0.495 e. The molecule has 1 unspecified atom stereocenters. The number of hydrogen-bond acceptors (Lipinski definition) is 5. The maximum absolute atomic E-state index is 12.2. The molecule has 1 atom stereocenters. The van der Waals surface area contributed by atoms with E-state index in [1.807, 2.05) is 19.1 Å². The quantitative estimate of drug-likeness (QED) is 0.902. The lowest BCUT2D eigenvalue weighted by molar-refractivity contribution is -0.118. The van der Waals surface area contributed by atoms with Crippen molar-refractivity contribution in [2.45, 2.75) is 19.4 Å². The van der Waals surface area contributed by atoms with E-state index in [1.54, 1.807) is 7.11 Å². The molecule has 1 amide bonds. The van der Waals surface area contributed by atoms with Crippen molar-refractivity contribution < 1.29 is 19.0 Å². The van der Waals surface area contributed by atoms with E-state index in [9.17, 15) is 4.79 Å². The summed E-state index contributed by atoms with van der Waals surface area (Å²) in [6, 6.07) is 3.80. The Morgan fingerprint density at radius 3 is 2.83 bits per heavy atom. The van der Waals surface area contributed by atoms with Crippen molar-refractivity contribution in [2.75, 3.05) is 45.3 Å². The number of fused-ring (bicyclic) bond motifs is 1.